The summed E-state index contributed by atoms with van der Waals surface area (Å²) in [6.07, 6.45) is 8.66. The molecular formula is C48H58I4N12. The molecule has 64 heavy (non-hydrogen) atoms. The van der Waals surface area contributed by atoms with Crippen LogP contribution in [0.3, 0.4) is 0 Å². The number of aromatic nitrogens is 12. The van der Waals surface area contributed by atoms with Gasteiger partial charge in [0.05, 0.1) is 107 Å². The number of aromatic amines is 2. The molecule has 0 atom stereocenters. The highest BCUT2D eigenvalue weighted by Gasteiger charge is 2.33. The fraction of sp³-hybridized carbons (Fsp3) is 0.333. The molecule has 16 heteroatoms. The third kappa shape index (κ3) is 7.56. The Labute approximate surface area is 444 Å². The van der Waals surface area contributed by atoms with Crippen LogP contribution in [0, 0.1) is 55.4 Å². The molecule has 12 nitrogen and oxygen atoms in total. The summed E-state index contributed by atoms with van der Waals surface area (Å²) in [4.78, 5) is 19.0. The number of rotatable bonds is 4. The smallest absolute Gasteiger partial charge is 0.293 e. The van der Waals surface area contributed by atoms with Crippen molar-refractivity contribution in [3.05, 3.63) is 92.6 Å². The van der Waals surface area contributed by atoms with Crippen molar-refractivity contribution in [1.82, 2.24) is 38.2 Å². The van der Waals surface area contributed by atoms with E-state index in [-0.39, 0.29) is 95.9 Å². The molecule has 0 unspecified atom stereocenters. The number of fused-ring (bicyclic) bond motifs is 8. The Morgan fingerprint density at radius 3 is 1.11 bits per heavy atom. The Hall–Kier alpha value is -3.64. The average molecular weight is 1310 g/mol. The Balaban J connectivity index is 0.00000193. The molecule has 0 fully saturated rings. The second-order valence-electron chi connectivity index (χ2n) is 17.0. The monoisotopic (exact) mass is 1310 g/mol. The third-order valence-corrected chi connectivity index (χ3v) is 14.3. The molecule has 0 amide bonds. The fourth-order valence-corrected chi connectivity index (χ4v) is 9.58. The highest BCUT2D eigenvalue weighted by Crippen LogP contribution is 2.37. The van der Waals surface area contributed by atoms with Crippen LogP contribution in [0.5, 0.6) is 0 Å². The first-order valence-electron chi connectivity index (χ1n) is 20.7. The SMILES string of the molecule is Cc1c(C)[n+](C)c(-c2cc3[nH]c2cc2nc(c(-c4n(C)c(C)c(C)[n+]4C)c4ccc([nH]4)c(-c4n(C)c(C)c(C)[n+]4C)c4nc(c3-c3n(C)c(C)c(C)[n+]3C)C=C4)C=C2)n1C.[I-].[I-].[I-].[I-]. The van der Waals surface area contributed by atoms with E-state index >= 15 is 0 Å². The van der Waals surface area contributed by atoms with Gasteiger partial charge in [-0.1, -0.05) is 0 Å². The van der Waals surface area contributed by atoms with Gasteiger partial charge in [0.15, 0.2) is 0 Å². The van der Waals surface area contributed by atoms with E-state index in [0.717, 1.165) is 90.4 Å². The molecule has 8 bridgehead atoms. The second kappa shape index (κ2) is 18.6. The lowest BCUT2D eigenvalue weighted by Crippen LogP contribution is -3.00. The van der Waals surface area contributed by atoms with Crippen LogP contribution in [0.4, 0.5) is 0 Å². The molecule has 338 valence electrons. The summed E-state index contributed by atoms with van der Waals surface area (Å²) >= 11 is 0. The van der Waals surface area contributed by atoms with E-state index in [9.17, 15) is 0 Å². The Morgan fingerprint density at radius 2 is 0.734 bits per heavy atom. The van der Waals surface area contributed by atoms with Gasteiger partial charge < -0.3 is 106 Å². The Kier molecular flexibility index (Phi) is 14.9. The number of H-pyrrole nitrogens is 2. The van der Waals surface area contributed by atoms with Crippen molar-refractivity contribution in [3.8, 4) is 45.6 Å². The molecule has 2 N–H and O–H groups in total. The van der Waals surface area contributed by atoms with E-state index in [0.29, 0.717) is 0 Å². The summed E-state index contributed by atoms with van der Waals surface area (Å²) in [7, 11) is 17.2. The molecule has 7 aromatic heterocycles. The largest absolute Gasteiger partial charge is 1.00 e. The lowest BCUT2D eigenvalue weighted by Gasteiger charge is -2.04. The minimum atomic E-state index is 0. The maximum atomic E-state index is 5.64. The zero-order valence-corrected chi connectivity index (χ0v) is 48.2. The van der Waals surface area contributed by atoms with Crippen molar-refractivity contribution in [2.45, 2.75) is 55.4 Å². The zero-order valence-electron chi connectivity index (χ0n) is 39.6. The van der Waals surface area contributed by atoms with E-state index < -0.39 is 0 Å². The molecule has 7 aromatic rings. The number of nitrogens with one attached hydrogen (secondary N) is 2. The van der Waals surface area contributed by atoms with E-state index in [1.807, 2.05) is 0 Å². The summed E-state index contributed by atoms with van der Waals surface area (Å²) in [6, 6.07) is 8.91. The highest BCUT2D eigenvalue weighted by atomic mass is 127. The van der Waals surface area contributed by atoms with Crippen molar-refractivity contribution in [3.63, 3.8) is 0 Å². The number of halogens is 4. The normalized spacial score (nSPS) is 11.8. The maximum Gasteiger partial charge on any atom is 0.293 e. The molecule has 0 saturated carbocycles. The van der Waals surface area contributed by atoms with Gasteiger partial charge in [0.25, 0.3) is 23.3 Å². The van der Waals surface area contributed by atoms with Gasteiger partial charge in [-0.2, -0.15) is 0 Å². The van der Waals surface area contributed by atoms with E-state index in [1.165, 1.54) is 45.6 Å². The third-order valence-electron chi connectivity index (χ3n) is 14.3. The van der Waals surface area contributed by atoms with Crippen LogP contribution in [0.15, 0.2) is 24.3 Å². The molecule has 0 saturated heterocycles. The van der Waals surface area contributed by atoms with Crippen LogP contribution in [-0.2, 0) is 56.4 Å². The molecule has 2 aliphatic rings. The molecule has 0 radical (unpaired) electrons. The molecule has 9 rings (SSSR count). The maximum absolute atomic E-state index is 5.64. The van der Waals surface area contributed by atoms with Crippen molar-refractivity contribution in [1.29, 1.82) is 0 Å². The van der Waals surface area contributed by atoms with Crippen molar-refractivity contribution in [2.75, 3.05) is 0 Å². The van der Waals surface area contributed by atoms with Gasteiger partial charge in [-0.15, -0.1) is 0 Å². The molecule has 2 aliphatic heterocycles. The average Bonchev–Trinajstić information content (AvgIpc) is 4.13. The van der Waals surface area contributed by atoms with E-state index in [2.05, 4.69) is 207 Å². The van der Waals surface area contributed by atoms with Crippen LogP contribution >= 0.6 is 0 Å². The Morgan fingerprint density at radius 1 is 0.406 bits per heavy atom. The van der Waals surface area contributed by atoms with Gasteiger partial charge >= 0.3 is 0 Å². The van der Waals surface area contributed by atoms with Gasteiger partial charge in [-0.25, -0.2) is 46.5 Å². The second-order valence-corrected chi connectivity index (χ2v) is 17.0. The first-order chi connectivity index (χ1) is 28.4. The topological polar surface area (TPSA) is 92.6 Å². The van der Waals surface area contributed by atoms with Gasteiger partial charge in [0.1, 0.15) is 62.2 Å². The number of hydrogen-bond donors (Lipinski definition) is 2. The standard InChI is InChI=1S/C48H56N12.4HI/c1-25-26(2)54(10)45(53(25)9)34-24-41-44(48-59(15)31(7)32(8)60(48)16)39-22-21-38(51-39)43(47-57(13)29(5)30(6)58(47)14)37-20-19-36(50-37)42(46-55(11)27(3)28(4)56(46)12)35-18-17-33(49-35)23-40(34)52-41;;;;/h17-24H,1-16H3;4*1H/q+2;;;;/p-2. The summed E-state index contributed by atoms with van der Waals surface area (Å²) in [5, 5.41) is 0. The summed E-state index contributed by atoms with van der Waals surface area (Å²) in [5.74, 6) is 4.30. The predicted molar refractivity (Wildman–Crippen MR) is 239 cm³/mol. The van der Waals surface area contributed by atoms with Crippen molar-refractivity contribution < 1.29 is 114 Å². The summed E-state index contributed by atoms with van der Waals surface area (Å²) < 4.78 is 18.3. The van der Waals surface area contributed by atoms with Crippen molar-refractivity contribution in [2.24, 2.45) is 56.4 Å². The van der Waals surface area contributed by atoms with Gasteiger partial charge in [-0.3, -0.25) is 0 Å². The first kappa shape index (κ1) is 51.3. The number of imidazole rings is 4. The van der Waals surface area contributed by atoms with E-state index in [4.69, 9.17) is 9.97 Å². The highest BCUT2D eigenvalue weighted by molar-refractivity contribution is 5.97. The lowest BCUT2D eigenvalue weighted by molar-refractivity contribution is -0.666. The van der Waals surface area contributed by atoms with Crippen LogP contribution in [0.25, 0.3) is 91.9 Å². The number of nitrogens with zero attached hydrogens (tertiary/aromatic N) is 10. The minimum absolute atomic E-state index is 0. The van der Waals surface area contributed by atoms with Gasteiger partial charge in [-0.05, 0) is 48.6 Å². The number of hydrogen-bond acceptors (Lipinski definition) is 2. The zero-order chi connectivity index (χ0) is 43.0. The van der Waals surface area contributed by atoms with Gasteiger partial charge in [0.2, 0.25) is 0 Å². The molecule has 0 aliphatic carbocycles. The molecule has 9 heterocycles. The molecular weight excluding hydrogens is 1250 g/mol. The molecule has 0 aromatic carbocycles. The minimum Gasteiger partial charge on any atom is -1.00 e. The first-order valence-corrected chi connectivity index (χ1v) is 20.7. The van der Waals surface area contributed by atoms with Crippen LogP contribution < -0.4 is 114 Å². The fourth-order valence-electron chi connectivity index (χ4n) is 9.58. The molecule has 0 spiro atoms. The van der Waals surface area contributed by atoms with Crippen LogP contribution in [0.1, 0.15) is 68.3 Å². The van der Waals surface area contributed by atoms with Crippen LogP contribution in [0.2, 0.25) is 0 Å². The predicted octanol–water partition coefficient (Wildman–Crippen LogP) is -5.54. The Bertz CT molecular complexity index is 3180. The van der Waals surface area contributed by atoms with Crippen molar-refractivity contribution >= 4 is 46.4 Å². The van der Waals surface area contributed by atoms with E-state index in [1.54, 1.807) is 0 Å². The van der Waals surface area contributed by atoms with Crippen LogP contribution in [-0.4, -0.2) is 38.2 Å². The quantitative estimate of drug-likeness (QED) is 0.136. The lowest BCUT2D eigenvalue weighted by atomic mass is 10.1. The summed E-state index contributed by atoms with van der Waals surface area (Å²) in [5.41, 5.74) is 21.2. The van der Waals surface area contributed by atoms with Gasteiger partial charge in [0, 0.05) is 55.4 Å². The summed E-state index contributed by atoms with van der Waals surface area (Å²) in [6.45, 7) is 17.5.